The van der Waals surface area contributed by atoms with Crippen molar-refractivity contribution in [3.63, 3.8) is 0 Å². The molecule has 0 heterocycles. The minimum atomic E-state index is -4.32. The predicted molar refractivity (Wildman–Crippen MR) is 52.7 cm³/mol. The van der Waals surface area contributed by atoms with Crippen LogP contribution in [0.1, 0.15) is 23.5 Å². The van der Waals surface area contributed by atoms with E-state index in [-0.39, 0.29) is 11.7 Å². The fourth-order valence-corrected chi connectivity index (χ4v) is 1.85. The van der Waals surface area contributed by atoms with E-state index < -0.39 is 18.9 Å². The molecule has 0 aromatic heterocycles. The van der Waals surface area contributed by atoms with Gasteiger partial charge in [0.25, 0.3) is 0 Å². The maximum atomic E-state index is 12.3. The van der Waals surface area contributed by atoms with Crippen LogP contribution in [-0.2, 0) is 6.18 Å². The Hall–Kier alpha value is -1.01. The van der Waals surface area contributed by atoms with E-state index in [1.54, 1.807) is 0 Å². The number of halogens is 3. The fraction of sp³-hybridized carbons (Fsp3) is 0.400. The third kappa shape index (κ3) is 2.22. The van der Waals surface area contributed by atoms with Crippen LogP contribution >= 0.6 is 0 Å². The second-order valence-electron chi connectivity index (χ2n) is 4.04. The van der Waals surface area contributed by atoms with Crippen molar-refractivity contribution in [1.29, 1.82) is 0 Å². The summed E-state index contributed by atoms with van der Waals surface area (Å²) in [6.07, 6.45) is -3.71. The van der Waals surface area contributed by atoms with Gasteiger partial charge in [0.2, 0.25) is 0 Å². The molecular formula is C10H10BF3O2. The van der Waals surface area contributed by atoms with Crippen LogP contribution in [0.3, 0.4) is 0 Å². The zero-order chi connectivity index (χ0) is 11.9. The summed E-state index contributed by atoms with van der Waals surface area (Å²) in [5, 5.41) is 17.8. The molecule has 0 aliphatic heterocycles. The van der Waals surface area contributed by atoms with Gasteiger partial charge in [0.15, 0.2) is 0 Å². The van der Waals surface area contributed by atoms with Crippen molar-refractivity contribution in [2.45, 2.75) is 24.3 Å². The van der Waals surface area contributed by atoms with Crippen LogP contribution in [-0.4, -0.2) is 17.2 Å². The van der Waals surface area contributed by atoms with Gasteiger partial charge in [-0.15, -0.1) is 0 Å². The molecule has 2 rings (SSSR count). The highest BCUT2D eigenvalue weighted by molar-refractivity contribution is 6.44. The Morgan fingerprint density at radius 1 is 1.12 bits per heavy atom. The van der Waals surface area contributed by atoms with Gasteiger partial charge in [-0.05, 0) is 30.0 Å². The monoisotopic (exact) mass is 230 g/mol. The van der Waals surface area contributed by atoms with Crippen LogP contribution in [0, 0.1) is 0 Å². The summed E-state index contributed by atoms with van der Waals surface area (Å²) >= 11 is 0. The molecule has 0 spiro atoms. The van der Waals surface area contributed by atoms with Gasteiger partial charge in [0.05, 0.1) is 5.56 Å². The second-order valence-corrected chi connectivity index (χ2v) is 4.04. The van der Waals surface area contributed by atoms with E-state index in [0.717, 1.165) is 17.7 Å². The molecule has 0 bridgehead atoms. The van der Waals surface area contributed by atoms with Crippen molar-refractivity contribution in [3.8, 4) is 0 Å². The van der Waals surface area contributed by atoms with E-state index in [4.69, 9.17) is 10.0 Å². The van der Waals surface area contributed by atoms with Crippen LogP contribution in [0.5, 0.6) is 0 Å². The largest absolute Gasteiger partial charge is 0.455 e. The van der Waals surface area contributed by atoms with Crippen molar-refractivity contribution >= 4 is 7.12 Å². The first-order chi connectivity index (χ1) is 7.39. The summed E-state index contributed by atoms with van der Waals surface area (Å²) in [6.45, 7) is 0. The number of hydrogen-bond acceptors (Lipinski definition) is 2. The Morgan fingerprint density at radius 2 is 1.69 bits per heavy atom. The van der Waals surface area contributed by atoms with Gasteiger partial charge < -0.3 is 10.0 Å². The second kappa shape index (κ2) is 3.78. The molecule has 2 unspecified atom stereocenters. The molecule has 1 saturated carbocycles. The van der Waals surface area contributed by atoms with Crippen molar-refractivity contribution in [2.75, 3.05) is 0 Å². The molecule has 86 valence electrons. The third-order valence-electron chi connectivity index (χ3n) is 2.89. The minimum absolute atomic E-state index is 0.0257. The highest BCUT2D eigenvalue weighted by Crippen LogP contribution is 2.53. The fourth-order valence-electron chi connectivity index (χ4n) is 1.85. The SMILES string of the molecule is OB(O)C1CC1c1ccc(C(F)(F)F)cc1. The zero-order valence-corrected chi connectivity index (χ0v) is 8.28. The first-order valence-electron chi connectivity index (χ1n) is 4.93. The summed E-state index contributed by atoms with van der Waals surface area (Å²) in [5.74, 6) is -0.265. The Balaban J connectivity index is 2.10. The van der Waals surface area contributed by atoms with E-state index in [2.05, 4.69) is 0 Å². The Morgan fingerprint density at radius 3 is 2.06 bits per heavy atom. The molecule has 1 fully saturated rings. The van der Waals surface area contributed by atoms with Crippen LogP contribution in [0.15, 0.2) is 24.3 Å². The quantitative estimate of drug-likeness (QED) is 0.763. The lowest BCUT2D eigenvalue weighted by Crippen LogP contribution is -2.11. The molecule has 6 heteroatoms. The Kier molecular flexibility index (Phi) is 2.71. The molecule has 1 aromatic carbocycles. The zero-order valence-electron chi connectivity index (χ0n) is 8.28. The molecule has 0 saturated heterocycles. The number of alkyl halides is 3. The highest BCUT2D eigenvalue weighted by Gasteiger charge is 2.46. The van der Waals surface area contributed by atoms with Gasteiger partial charge in [0.1, 0.15) is 0 Å². The van der Waals surface area contributed by atoms with Crippen LogP contribution < -0.4 is 0 Å². The molecule has 2 atom stereocenters. The van der Waals surface area contributed by atoms with Crippen molar-refractivity contribution in [3.05, 3.63) is 35.4 Å². The molecule has 0 radical (unpaired) electrons. The molecule has 16 heavy (non-hydrogen) atoms. The summed E-state index contributed by atoms with van der Waals surface area (Å²) in [4.78, 5) is 0. The van der Waals surface area contributed by atoms with E-state index in [1.165, 1.54) is 12.1 Å². The van der Waals surface area contributed by atoms with Crippen molar-refractivity contribution < 1.29 is 23.2 Å². The number of benzene rings is 1. The number of hydrogen-bond donors (Lipinski definition) is 2. The maximum absolute atomic E-state index is 12.3. The average molecular weight is 230 g/mol. The molecule has 2 N–H and O–H groups in total. The first kappa shape index (κ1) is 11.5. The lowest BCUT2D eigenvalue weighted by molar-refractivity contribution is -0.137. The molecule has 1 aromatic rings. The van der Waals surface area contributed by atoms with Gasteiger partial charge in [-0.1, -0.05) is 12.1 Å². The first-order valence-corrected chi connectivity index (χ1v) is 4.93. The summed E-state index contributed by atoms with van der Waals surface area (Å²) < 4.78 is 36.8. The van der Waals surface area contributed by atoms with Gasteiger partial charge >= 0.3 is 13.3 Å². The maximum Gasteiger partial charge on any atom is 0.455 e. The van der Waals surface area contributed by atoms with Crippen LogP contribution in [0.2, 0.25) is 5.82 Å². The number of rotatable bonds is 2. The molecular weight excluding hydrogens is 220 g/mol. The summed E-state index contributed by atoms with van der Waals surface area (Å²) in [7, 11) is -1.38. The lowest BCUT2D eigenvalue weighted by Gasteiger charge is -2.07. The van der Waals surface area contributed by atoms with Crippen LogP contribution in [0.25, 0.3) is 0 Å². The van der Waals surface area contributed by atoms with E-state index in [1.807, 2.05) is 0 Å². The topological polar surface area (TPSA) is 40.5 Å². The third-order valence-corrected chi connectivity index (χ3v) is 2.89. The highest BCUT2D eigenvalue weighted by atomic mass is 19.4. The van der Waals surface area contributed by atoms with E-state index in [0.29, 0.717) is 6.42 Å². The Labute approximate surface area is 90.9 Å². The average Bonchev–Trinajstić information content (AvgIpc) is 2.96. The standard InChI is InChI=1S/C10H10BF3O2/c12-10(13,14)7-3-1-6(2-4-7)8-5-9(8)11(15)16/h1-4,8-9,15-16H,5H2. The molecule has 0 amide bonds. The Bertz CT molecular complexity index is 375. The lowest BCUT2D eigenvalue weighted by atomic mass is 9.81. The minimum Gasteiger partial charge on any atom is -0.427 e. The molecule has 2 nitrogen and oxygen atoms in total. The van der Waals surface area contributed by atoms with Crippen molar-refractivity contribution in [2.24, 2.45) is 0 Å². The normalized spacial score (nSPS) is 24.3. The van der Waals surface area contributed by atoms with Gasteiger partial charge in [-0.2, -0.15) is 13.2 Å². The summed E-state index contributed by atoms with van der Waals surface area (Å²) in [5.41, 5.74) is 0.0455. The van der Waals surface area contributed by atoms with E-state index >= 15 is 0 Å². The van der Waals surface area contributed by atoms with Crippen LogP contribution in [0.4, 0.5) is 13.2 Å². The molecule has 1 aliphatic rings. The van der Waals surface area contributed by atoms with Gasteiger partial charge in [-0.3, -0.25) is 0 Å². The summed E-state index contributed by atoms with van der Waals surface area (Å²) in [6, 6.07) is 4.84. The van der Waals surface area contributed by atoms with Gasteiger partial charge in [0, 0.05) is 5.82 Å². The van der Waals surface area contributed by atoms with E-state index in [9.17, 15) is 13.2 Å². The molecule has 1 aliphatic carbocycles. The van der Waals surface area contributed by atoms with Crippen molar-refractivity contribution in [1.82, 2.24) is 0 Å². The van der Waals surface area contributed by atoms with Gasteiger partial charge in [-0.25, -0.2) is 0 Å². The predicted octanol–water partition coefficient (Wildman–Crippen LogP) is 2.04. The smallest absolute Gasteiger partial charge is 0.427 e.